The van der Waals surface area contributed by atoms with Gasteiger partial charge in [-0.15, -0.1) is 35.3 Å². The van der Waals surface area contributed by atoms with Crippen molar-refractivity contribution in [2.24, 2.45) is 4.99 Å². The summed E-state index contributed by atoms with van der Waals surface area (Å²) in [5.74, 6) is 0.817. The maximum absolute atomic E-state index is 12.5. The predicted octanol–water partition coefficient (Wildman–Crippen LogP) is 2.05. The monoisotopic (exact) mass is 542 g/mol. The van der Waals surface area contributed by atoms with Crippen molar-refractivity contribution in [3.63, 3.8) is 0 Å². The van der Waals surface area contributed by atoms with E-state index in [9.17, 15) is 8.42 Å². The Hall–Kier alpha value is -0.590. The van der Waals surface area contributed by atoms with Gasteiger partial charge in [-0.1, -0.05) is 0 Å². The van der Waals surface area contributed by atoms with Crippen molar-refractivity contribution in [1.29, 1.82) is 0 Å². The molecule has 1 aromatic heterocycles. The van der Waals surface area contributed by atoms with Crippen LogP contribution in [0.25, 0.3) is 0 Å². The minimum Gasteiger partial charge on any atom is -0.381 e. The van der Waals surface area contributed by atoms with Crippen LogP contribution in [0.4, 0.5) is 5.00 Å². The Morgan fingerprint density at radius 1 is 1.29 bits per heavy atom. The lowest BCUT2D eigenvalue weighted by molar-refractivity contribution is 0.0767. The largest absolute Gasteiger partial charge is 0.381 e. The van der Waals surface area contributed by atoms with Crippen LogP contribution in [0.3, 0.4) is 0 Å². The topological polar surface area (TPSA) is 74.2 Å². The number of thiophene rings is 1. The number of piperazine rings is 1. The molecule has 0 amide bonds. The van der Waals surface area contributed by atoms with Gasteiger partial charge in [0.15, 0.2) is 15.8 Å². The molecule has 3 rings (SSSR count). The summed E-state index contributed by atoms with van der Waals surface area (Å²) < 4.78 is 29.5. The van der Waals surface area contributed by atoms with Crippen LogP contribution in [0.15, 0.2) is 22.5 Å². The molecular weight excluding hydrogens is 511 g/mol. The van der Waals surface area contributed by atoms with Crippen LogP contribution < -0.4 is 10.2 Å². The van der Waals surface area contributed by atoms with Crippen LogP contribution in [0, 0.1) is 0 Å². The first kappa shape index (κ1) is 23.7. The second kappa shape index (κ2) is 10.4. The Kier molecular flexibility index (Phi) is 8.83. The number of nitrogens with one attached hydrogen (secondary N) is 1. The smallest absolute Gasteiger partial charge is 0.194 e. The molecule has 0 unspecified atom stereocenters. The van der Waals surface area contributed by atoms with E-state index in [1.54, 1.807) is 11.3 Å². The standard InChI is InChI=1S/C18H30N4O3S2.HI/c1-3-19-17(20-15-18(27(2,23)24)6-12-25-13-7-18)22-10-8-21(9-11-22)16-5-4-14-26-16;/h4-5,14H,3,6-13,15H2,1-2H3,(H,19,20);1H. The van der Waals surface area contributed by atoms with Gasteiger partial charge < -0.3 is 19.9 Å². The second-order valence-electron chi connectivity index (χ2n) is 7.16. The van der Waals surface area contributed by atoms with E-state index < -0.39 is 14.6 Å². The second-order valence-corrected chi connectivity index (χ2v) is 10.5. The molecule has 2 fully saturated rings. The highest BCUT2D eigenvalue weighted by atomic mass is 127. The zero-order chi connectivity index (χ0) is 19.3. The van der Waals surface area contributed by atoms with Crippen molar-refractivity contribution in [2.75, 3.05) is 63.6 Å². The van der Waals surface area contributed by atoms with Gasteiger partial charge >= 0.3 is 0 Å². The number of aliphatic imine (C=N–C) groups is 1. The lowest BCUT2D eigenvalue weighted by Gasteiger charge is -2.38. The summed E-state index contributed by atoms with van der Waals surface area (Å²) in [5.41, 5.74) is 0. The van der Waals surface area contributed by atoms with E-state index in [0.29, 0.717) is 32.6 Å². The minimum atomic E-state index is -3.21. The van der Waals surface area contributed by atoms with Gasteiger partial charge in [-0.3, -0.25) is 4.99 Å². The maximum Gasteiger partial charge on any atom is 0.194 e. The van der Waals surface area contributed by atoms with Gasteiger partial charge in [0.1, 0.15) is 0 Å². The summed E-state index contributed by atoms with van der Waals surface area (Å²) >= 11 is 1.76. The molecule has 0 radical (unpaired) electrons. The van der Waals surface area contributed by atoms with Gasteiger partial charge in [-0.2, -0.15) is 0 Å². The van der Waals surface area contributed by atoms with Crippen LogP contribution in [-0.2, 0) is 14.6 Å². The fraction of sp³-hybridized carbons (Fsp3) is 0.722. The normalized spacial score (nSPS) is 20.6. The van der Waals surface area contributed by atoms with E-state index in [-0.39, 0.29) is 24.0 Å². The maximum atomic E-state index is 12.5. The number of hydrogen-bond donors (Lipinski definition) is 1. The molecule has 2 saturated heterocycles. The summed E-state index contributed by atoms with van der Waals surface area (Å²) in [6.07, 6.45) is 2.36. The lowest BCUT2D eigenvalue weighted by Crippen LogP contribution is -2.53. The molecule has 1 N–H and O–H groups in total. The highest BCUT2D eigenvalue weighted by Crippen LogP contribution is 2.30. The highest BCUT2D eigenvalue weighted by molar-refractivity contribution is 14.0. The Balaban J connectivity index is 0.00000280. The number of sulfone groups is 1. The first-order valence-electron chi connectivity index (χ1n) is 9.54. The van der Waals surface area contributed by atoms with Crippen LogP contribution >= 0.6 is 35.3 Å². The van der Waals surface area contributed by atoms with E-state index in [1.165, 1.54) is 11.3 Å². The Morgan fingerprint density at radius 3 is 2.50 bits per heavy atom. The summed E-state index contributed by atoms with van der Waals surface area (Å²) in [6, 6.07) is 4.23. The van der Waals surface area contributed by atoms with Gasteiger partial charge in [0.25, 0.3) is 0 Å². The van der Waals surface area contributed by atoms with E-state index in [2.05, 4.69) is 32.6 Å². The Labute approximate surface area is 189 Å². The molecule has 3 heterocycles. The molecule has 0 aliphatic carbocycles. The molecular formula is C18H31IN4O3S2. The minimum absolute atomic E-state index is 0. The molecule has 0 bridgehead atoms. The van der Waals surface area contributed by atoms with Crippen LogP contribution in [-0.4, -0.2) is 82.8 Å². The summed E-state index contributed by atoms with van der Waals surface area (Å²) in [5, 5.41) is 6.75. The fourth-order valence-corrected chi connectivity index (χ4v) is 5.62. The lowest BCUT2D eigenvalue weighted by atomic mass is 9.99. The van der Waals surface area contributed by atoms with E-state index in [4.69, 9.17) is 9.73 Å². The number of hydrogen-bond acceptors (Lipinski definition) is 6. The Bertz CT molecular complexity index is 726. The quantitative estimate of drug-likeness (QED) is 0.349. The molecule has 2 aliphatic rings. The zero-order valence-electron chi connectivity index (χ0n) is 16.6. The molecule has 160 valence electrons. The molecule has 28 heavy (non-hydrogen) atoms. The van der Waals surface area contributed by atoms with Gasteiger partial charge in [0.05, 0.1) is 16.3 Å². The number of rotatable bonds is 5. The van der Waals surface area contributed by atoms with Crippen molar-refractivity contribution in [1.82, 2.24) is 10.2 Å². The van der Waals surface area contributed by atoms with E-state index >= 15 is 0 Å². The van der Waals surface area contributed by atoms with Crippen molar-refractivity contribution in [2.45, 2.75) is 24.5 Å². The van der Waals surface area contributed by atoms with Gasteiger partial charge in [0.2, 0.25) is 0 Å². The molecule has 10 heteroatoms. The van der Waals surface area contributed by atoms with Crippen molar-refractivity contribution in [3.8, 4) is 0 Å². The molecule has 7 nitrogen and oxygen atoms in total. The summed E-state index contributed by atoms with van der Waals surface area (Å²) in [6.45, 7) is 7.69. The summed E-state index contributed by atoms with van der Waals surface area (Å²) in [4.78, 5) is 9.40. The molecule has 2 aliphatic heterocycles. The average molecular weight is 543 g/mol. The molecule has 0 atom stereocenters. The number of ether oxygens (including phenoxy) is 1. The van der Waals surface area contributed by atoms with Gasteiger partial charge in [-0.05, 0) is 37.3 Å². The Morgan fingerprint density at radius 2 is 1.96 bits per heavy atom. The number of nitrogens with zero attached hydrogens (tertiary/aromatic N) is 3. The van der Waals surface area contributed by atoms with Crippen molar-refractivity contribution < 1.29 is 13.2 Å². The molecule has 0 saturated carbocycles. The average Bonchev–Trinajstić information content (AvgIpc) is 3.20. The summed E-state index contributed by atoms with van der Waals surface area (Å²) in [7, 11) is -3.21. The van der Waals surface area contributed by atoms with Gasteiger partial charge in [-0.25, -0.2) is 8.42 Å². The fourth-order valence-electron chi connectivity index (χ4n) is 3.62. The SMILES string of the molecule is CCNC(=NCC1(S(C)(=O)=O)CCOCC1)N1CCN(c2cccs2)CC1.I. The van der Waals surface area contributed by atoms with Gasteiger partial charge in [0, 0.05) is 52.2 Å². The number of halogens is 1. The third-order valence-corrected chi connectivity index (χ3v) is 8.48. The van der Waals surface area contributed by atoms with Crippen molar-refractivity contribution >= 4 is 56.1 Å². The van der Waals surface area contributed by atoms with Crippen LogP contribution in [0.1, 0.15) is 19.8 Å². The predicted molar refractivity (Wildman–Crippen MR) is 127 cm³/mol. The first-order valence-corrected chi connectivity index (χ1v) is 12.3. The third kappa shape index (κ3) is 5.51. The highest BCUT2D eigenvalue weighted by Gasteiger charge is 2.42. The first-order chi connectivity index (χ1) is 13.0. The number of anilines is 1. The molecule has 0 spiro atoms. The molecule has 1 aromatic rings. The van der Waals surface area contributed by atoms with E-state index in [1.807, 2.05) is 6.92 Å². The van der Waals surface area contributed by atoms with Crippen molar-refractivity contribution in [3.05, 3.63) is 17.5 Å². The molecule has 0 aromatic carbocycles. The zero-order valence-corrected chi connectivity index (χ0v) is 20.6. The van der Waals surface area contributed by atoms with Crippen LogP contribution in [0.5, 0.6) is 0 Å². The third-order valence-electron chi connectivity index (χ3n) is 5.44. The van der Waals surface area contributed by atoms with Crippen LogP contribution in [0.2, 0.25) is 0 Å². The number of guanidine groups is 1. The van der Waals surface area contributed by atoms with E-state index in [0.717, 1.165) is 38.7 Å².